The first kappa shape index (κ1) is 18.9. The first-order valence-corrected chi connectivity index (χ1v) is 7.61. The number of allylic oxidation sites excluding steroid dienone is 2. The average Bonchev–Trinajstić information content (AvgIpc) is 2.65. The van der Waals surface area contributed by atoms with Crippen molar-refractivity contribution in [2.45, 2.75) is 19.8 Å². The first-order valence-electron chi connectivity index (χ1n) is 7.61. The zero-order valence-corrected chi connectivity index (χ0v) is 14.8. The van der Waals surface area contributed by atoms with Crippen LogP contribution in [0.3, 0.4) is 0 Å². The smallest absolute Gasteiger partial charge is 0.437 e. The van der Waals surface area contributed by atoms with Crippen molar-refractivity contribution >= 4 is 12.3 Å². The Morgan fingerprint density at radius 1 is 1.04 bits per heavy atom. The van der Waals surface area contributed by atoms with E-state index in [1.54, 1.807) is 38.1 Å². The third kappa shape index (κ3) is 3.95. The SMILES string of the molecule is COC(=O)OC1=C(C)NC(C)=C(OC(=O)OC)C1c1cccc(C#N)c1. The highest BCUT2D eigenvalue weighted by Gasteiger charge is 2.35. The van der Waals surface area contributed by atoms with Gasteiger partial charge in [-0.05, 0) is 31.5 Å². The molecule has 0 radical (unpaired) electrons. The molecular formula is C18H18N2O6. The fraction of sp³-hybridized carbons (Fsp3) is 0.278. The van der Waals surface area contributed by atoms with E-state index in [1.807, 2.05) is 6.07 Å². The number of nitriles is 1. The maximum absolute atomic E-state index is 11.7. The van der Waals surface area contributed by atoms with Crippen molar-refractivity contribution in [3.8, 4) is 6.07 Å². The van der Waals surface area contributed by atoms with Gasteiger partial charge < -0.3 is 24.3 Å². The summed E-state index contributed by atoms with van der Waals surface area (Å²) in [7, 11) is 2.37. The molecule has 0 bridgehead atoms. The van der Waals surface area contributed by atoms with Gasteiger partial charge in [-0.15, -0.1) is 0 Å². The summed E-state index contributed by atoms with van der Waals surface area (Å²) in [4.78, 5) is 23.4. The van der Waals surface area contributed by atoms with Gasteiger partial charge in [0.2, 0.25) is 0 Å². The van der Waals surface area contributed by atoms with Gasteiger partial charge in [0.25, 0.3) is 0 Å². The van der Waals surface area contributed by atoms with E-state index < -0.39 is 18.2 Å². The summed E-state index contributed by atoms with van der Waals surface area (Å²) in [6.07, 6.45) is -1.83. The molecule has 26 heavy (non-hydrogen) atoms. The number of nitrogens with zero attached hydrogens (tertiary/aromatic N) is 1. The maximum Gasteiger partial charge on any atom is 0.513 e. The summed E-state index contributed by atoms with van der Waals surface area (Å²) >= 11 is 0. The van der Waals surface area contributed by atoms with Crippen LogP contribution in [-0.2, 0) is 18.9 Å². The highest BCUT2D eigenvalue weighted by Crippen LogP contribution is 2.39. The van der Waals surface area contributed by atoms with E-state index in [0.29, 0.717) is 22.5 Å². The zero-order chi connectivity index (χ0) is 19.3. The fourth-order valence-electron chi connectivity index (χ4n) is 2.58. The van der Waals surface area contributed by atoms with E-state index in [9.17, 15) is 9.59 Å². The van der Waals surface area contributed by atoms with Crippen LogP contribution in [0.15, 0.2) is 47.2 Å². The summed E-state index contributed by atoms with van der Waals surface area (Å²) in [5.74, 6) is -0.365. The van der Waals surface area contributed by atoms with Gasteiger partial charge in [0.15, 0.2) is 0 Å². The van der Waals surface area contributed by atoms with Gasteiger partial charge in [-0.3, -0.25) is 0 Å². The van der Waals surface area contributed by atoms with E-state index in [2.05, 4.69) is 14.8 Å². The van der Waals surface area contributed by atoms with Crippen molar-refractivity contribution in [2.75, 3.05) is 14.2 Å². The minimum Gasteiger partial charge on any atom is -0.437 e. The van der Waals surface area contributed by atoms with Crippen LogP contribution in [0, 0.1) is 11.3 Å². The van der Waals surface area contributed by atoms with Crippen LogP contribution in [0.2, 0.25) is 0 Å². The fourth-order valence-corrected chi connectivity index (χ4v) is 2.58. The molecule has 1 aromatic carbocycles. The molecule has 136 valence electrons. The molecule has 0 aliphatic carbocycles. The van der Waals surface area contributed by atoms with Crippen LogP contribution in [-0.4, -0.2) is 26.5 Å². The Labute approximate surface area is 150 Å². The van der Waals surface area contributed by atoms with Crippen molar-refractivity contribution in [2.24, 2.45) is 0 Å². The van der Waals surface area contributed by atoms with Crippen LogP contribution in [0.25, 0.3) is 0 Å². The molecule has 8 heteroatoms. The summed E-state index contributed by atoms with van der Waals surface area (Å²) in [6, 6.07) is 8.73. The van der Waals surface area contributed by atoms with E-state index >= 15 is 0 Å². The molecule has 0 aromatic heterocycles. The number of methoxy groups -OCH3 is 2. The van der Waals surface area contributed by atoms with Gasteiger partial charge in [-0.25, -0.2) is 9.59 Å². The van der Waals surface area contributed by atoms with Crippen molar-refractivity contribution in [3.05, 3.63) is 58.3 Å². The molecule has 2 rings (SSSR count). The number of benzene rings is 1. The number of ether oxygens (including phenoxy) is 4. The van der Waals surface area contributed by atoms with Crippen molar-refractivity contribution in [3.63, 3.8) is 0 Å². The standard InChI is InChI=1S/C18H18N2O6/c1-10-15(25-17(21)23-3)14(13-7-5-6-12(8-13)9-19)16(11(2)20-10)26-18(22)24-4/h5-8,14,20H,1-4H3. The van der Waals surface area contributed by atoms with Crippen LogP contribution in [0.5, 0.6) is 0 Å². The third-order valence-corrected chi connectivity index (χ3v) is 3.71. The lowest BCUT2D eigenvalue weighted by Crippen LogP contribution is -2.29. The molecular weight excluding hydrogens is 340 g/mol. The number of carbonyl (C=O) groups is 2. The second-order valence-corrected chi connectivity index (χ2v) is 5.39. The number of hydrogen-bond acceptors (Lipinski definition) is 8. The van der Waals surface area contributed by atoms with E-state index in [1.165, 1.54) is 14.2 Å². The van der Waals surface area contributed by atoms with Crippen LogP contribution >= 0.6 is 0 Å². The monoisotopic (exact) mass is 358 g/mol. The molecule has 1 aromatic rings. The molecule has 0 spiro atoms. The van der Waals surface area contributed by atoms with Crippen molar-refractivity contribution < 1.29 is 28.5 Å². The topological polar surface area (TPSA) is 107 Å². The van der Waals surface area contributed by atoms with Gasteiger partial charge in [-0.2, -0.15) is 5.26 Å². The van der Waals surface area contributed by atoms with Gasteiger partial charge in [0.05, 0.1) is 37.2 Å². The van der Waals surface area contributed by atoms with E-state index in [-0.39, 0.29) is 11.5 Å². The number of carbonyl (C=O) groups excluding carboxylic acids is 2. The molecule has 0 saturated heterocycles. The molecule has 0 unspecified atom stereocenters. The lowest BCUT2D eigenvalue weighted by Gasteiger charge is -2.30. The van der Waals surface area contributed by atoms with Crippen LogP contribution in [0.4, 0.5) is 9.59 Å². The van der Waals surface area contributed by atoms with E-state index in [4.69, 9.17) is 14.7 Å². The highest BCUT2D eigenvalue weighted by molar-refractivity contribution is 5.65. The van der Waals surface area contributed by atoms with Gasteiger partial charge in [-0.1, -0.05) is 12.1 Å². The van der Waals surface area contributed by atoms with Gasteiger partial charge in [0.1, 0.15) is 17.4 Å². The third-order valence-electron chi connectivity index (χ3n) is 3.71. The molecule has 8 nitrogen and oxygen atoms in total. The predicted octanol–water partition coefficient (Wildman–Crippen LogP) is 3.27. The second-order valence-electron chi connectivity index (χ2n) is 5.39. The lowest BCUT2D eigenvalue weighted by atomic mass is 9.89. The molecule has 0 amide bonds. The minimum absolute atomic E-state index is 0.191. The largest absolute Gasteiger partial charge is 0.513 e. The maximum atomic E-state index is 11.7. The Hall–Kier alpha value is -3.47. The van der Waals surface area contributed by atoms with E-state index in [0.717, 1.165) is 0 Å². The lowest BCUT2D eigenvalue weighted by molar-refractivity contribution is 0.0786. The molecule has 1 aliphatic rings. The number of rotatable bonds is 3. The van der Waals surface area contributed by atoms with Crippen molar-refractivity contribution in [1.29, 1.82) is 5.26 Å². The normalized spacial score (nSPS) is 14.3. The Morgan fingerprint density at radius 2 is 1.58 bits per heavy atom. The van der Waals surface area contributed by atoms with Crippen LogP contribution < -0.4 is 5.32 Å². The molecule has 0 fully saturated rings. The zero-order valence-electron chi connectivity index (χ0n) is 14.8. The average molecular weight is 358 g/mol. The van der Waals surface area contributed by atoms with Gasteiger partial charge in [0, 0.05) is 0 Å². The van der Waals surface area contributed by atoms with Crippen LogP contribution in [0.1, 0.15) is 30.9 Å². The molecule has 0 saturated carbocycles. The summed E-state index contributed by atoms with van der Waals surface area (Å²) in [6.45, 7) is 3.41. The number of dihydropyridines is 1. The molecule has 1 aliphatic heterocycles. The Morgan fingerprint density at radius 3 is 2.04 bits per heavy atom. The number of nitrogens with one attached hydrogen (secondary N) is 1. The summed E-state index contributed by atoms with van der Waals surface area (Å²) in [5, 5.41) is 12.2. The van der Waals surface area contributed by atoms with Gasteiger partial charge >= 0.3 is 12.3 Å². The molecule has 1 heterocycles. The first-order chi connectivity index (χ1) is 12.4. The predicted molar refractivity (Wildman–Crippen MR) is 89.4 cm³/mol. The quantitative estimate of drug-likeness (QED) is 0.820. The Kier molecular flexibility index (Phi) is 5.86. The Balaban J connectivity index is 2.59. The minimum atomic E-state index is -0.917. The second kappa shape index (κ2) is 8.07. The summed E-state index contributed by atoms with van der Waals surface area (Å²) in [5.41, 5.74) is 2.09. The van der Waals surface area contributed by atoms with Crippen molar-refractivity contribution in [1.82, 2.24) is 5.32 Å². The molecule has 0 atom stereocenters. The molecule has 1 N–H and O–H groups in total. The number of hydrogen-bond donors (Lipinski definition) is 1. The Bertz CT molecular complexity index is 794. The highest BCUT2D eigenvalue weighted by atomic mass is 16.7. The summed E-state index contributed by atoms with van der Waals surface area (Å²) < 4.78 is 19.7.